The van der Waals surface area contributed by atoms with Crippen LogP contribution in [-0.2, 0) is 14.3 Å². The number of thioether (sulfide) groups is 1. The van der Waals surface area contributed by atoms with E-state index in [-0.39, 0.29) is 24.2 Å². The number of carbonyl (C=O) groups excluding carboxylic acids is 2. The van der Waals surface area contributed by atoms with Crippen LogP contribution < -0.4 is 5.32 Å². The summed E-state index contributed by atoms with van der Waals surface area (Å²) in [7, 11) is 0. The highest BCUT2D eigenvalue weighted by Crippen LogP contribution is 2.36. The molecule has 0 unspecified atom stereocenters. The third-order valence-electron chi connectivity index (χ3n) is 3.39. The maximum absolute atomic E-state index is 12.0. The lowest BCUT2D eigenvalue weighted by Crippen LogP contribution is -2.29. The van der Waals surface area contributed by atoms with E-state index in [1.807, 2.05) is 54.6 Å². The molecule has 4 nitrogen and oxygen atoms in total. The summed E-state index contributed by atoms with van der Waals surface area (Å²) in [6, 6.07) is 17.4. The summed E-state index contributed by atoms with van der Waals surface area (Å²) in [5, 5.41) is 3.05. The SMILES string of the molecule is C#CCNC(=O)COC(=O)CS[C@H](c1ccccc1)c1ccc(Cl)cc1. The smallest absolute Gasteiger partial charge is 0.316 e. The molecule has 0 aliphatic rings. The first kappa shape index (κ1) is 19.9. The summed E-state index contributed by atoms with van der Waals surface area (Å²) < 4.78 is 4.98. The summed E-state index contributed by atoms with van der Waals surface area (Å²) in [4.78, 5) is 23.4. The van der Waals surface area contributed by atoms with Gasteiger partial charge in [-0.1, -0.05) is 60.0 Å². The van der Waals surface area contributed by atoms with Crippen LogP contribution >= 0.6 is 23.4 Å². The van der Waals surface area contributed by atoms with Crippen LogP contribution in [0.5, 0.6) is 0 Å². The van der Waals surface area contributed by atoms with E-state index in [2.05, 4.69) is 11.2 Å². The van der Waals surface area contributed by atoms with Gasteiger partial charge in [0.15, 0.2) is 6.61 Å². The van der Waals surface area contributed by atoms with Crippen molar-refractivity contribution in [1.82, 2.24) is 5.32 Å². The molecule has 0 fully saturated rings. The topological polar surface area (TPSA) is 55.4 Å². The first-order valence-electron chi connectivity index (χ1n) is 7.88. The van der Waals surface area contributed by atoms with Crippen LogP contribution in [0.1, 0.15) is 16.4 Å². The number of terminal acetylenes is 1. The standard InChI is InChI=1S/C20H18ClNO3S/c1-2-12-22-18(23)13-25-19(24)14-26-20(15-6-4-3-5-7-15)16-8-10-17(21)11-9-16/h1,3-11,20H,12-14H2,(H,22,23)/t20-/m1/s1. The van der Waals surface area contributed by atoms with Crippen LogP contribution in [0.15, 0.2) is 54.6 Å². The Morgan fingerprint density at radius 2 is 1.77 bits per heavy atom. The minimum atomic E-state index is -0.458. The maximum Gasteiger partial charge on any atom is 0.316 e. The molecule has 26 heavy (non-hydrogen) atoms. The van der Waals surface area contributed by atoms with Gasteiger partial charge in [-0.15, -0.1) is 18.2 Å². The molecule has 0 saturated carbocycles. The normalized spacial score (nSPS) is 11.2. The van der Waals surface area contributed by atoms with E-state index in [4.69, 9.17) is 22.8 Å². The number of hydrogen-bond donors (Lipinski definition) is 1. The average Bonchev–Trinajstić information content (AvgIpc) is 2.67. The molecule has 0 bridgehead atoms. The van der Waals surface area contributed by atoms with Crippen molar-refractivity contribution >= 4 is 35.2 Å². The molecule has 2 aromatic rings. The van der Waals surface area contributed by atoms with Gasteiger partial charge in [-0.3, -0.25) is 9.59 Å². The predicted octanol–water partition coefficient (Wildman–Crippen LogP) is 3.46. The van der Waals surface area contributed by atoms with Gasteiger partial charge in [0, 0.05) is 5.02 Å². The van der Waals surface area contributed by atoms with Crippen LogP contribution in [0.2, 0.25) is 5.02 Å². The second kappa shape index (κ2) is 10.5. The van der Waals surface area contributed by atoms with Gasteiger partial charge in [-0.2, -0.15) is 0 Å². The lowest BCUT2D eigenvalue weighted by atomic mass is 10.0. The van der Waals surface area contributed by atoms with Gasteiger partial charge < -0.3 is 10.1 Å². The van der Waals surface area contributed by atoms with Gasteiger partial charge in [0.05, 0.1) is 17.5 Å². The van der Waals surface area contributed by atoms with Gasteiger partial charge >= 0.3 is 5.97 Å². The van der Waals surface area contributed by atoms with Crippen molar-refractivity contribution in [3.05, 3.63) is 70.7 Å². The molecule has 0 aliphatic heterocycles. The van der Waals surface area contributed by atoms with Crippen LogP contribution in [0.4, 0.5) is 0 Å². The summed E-state index contributed by atoms with van der Waals surface area (Å²) in [5.74, 6) is 1.52. The number of hydrogen-bond acceptors (Lipinski definition) is 4. The van der Waals surface area contributed by atoms with E-state index in [1.54, 1.807) is 0 Å². The number of nitrogens with one attached hydrogen (secondary N) is 1. The fourth-order valence-electron chi connectivity index (χ4n) is 2.19. The minimum absolute atomic E-state index is 0.0451. The Balaban J connectivity index is 1.97. The summed E-state index contributed by atoms with van der Waals surface area (Å²) in [6.07, 6.45) is 5.05. The van der Waals surface area contributed by atoms with Gasteiger partial charge in [0.25, 0.3) is 5.91 Å². The summed E-state index contributed by atoms with van der Waals surface area (Å²) in [5.41, 5.74) is 2.10. The molecule has 1 N–H and O–H groups in total. The van der Waals surface area contributed by atoms with Crippen molar-refractivity contribution in [2.45, 2.75) is 5.25 Å². The van der Waals surface area contributed by atoms with E-state index >= 15 is 0 Å². The van der Waals surface area contributed by atoms with Crippen molar-refractivity contribution in [3.63, 3.8) is 0 Å². The molecular formula is C20H18ClNO3S. The third-order valence-corrected chi connectivity index (χ3v) is 4.93. The molecule has 0 aromatic heterocycles. The van der Waals surface area contributed by atoms with E-state index < -0.39 is 11.9 Å². The Kier molecular flexibility index (Phi) is 8.07. The van der Waals surface area contributed by atoms with Crippen LogP contribution in [0.3, 0.4) is 0 Å². The van der Waals surface area contributed by atoms with Gasteiger partial charge in [-0.05, 0) is 23.3 Å². The Morgan fingerprint density at radius 1 is 1.12 bits per heavy atom. The number of rotatable bonds is 8. The first-order valence-corrected chi connectivity index (χ1v) is 9.30. The third kappa shape index (κ3) is 6.47. The van der Waals surface area contributed by atoms with Crippen molar-refractivity contribution < 1.29 is 14.3 Å². The van der Waals surface area contributed by atoms with E-state index in [1.165, 1.54) is 11.8 Å². The van der Waals surface area contributed by atoms with E-state index in [0.29, 0.717) is 5.02 Å². The quantitative estimate of drug-likeness (QED) is 0.556. The van der Waals surface area contributed by atoms with Gasteiger partial charge in [0.1, 0.15) is 0 Å². The zero-order valence-electron chi connectivity index (χ0n) is 14.0. The number of ether oxygens (including phenoxy) is 1. The second-order valence-electron chi connectivity index (χ2n) is 5.29. The first-order chi connectivity index (χ1) is 12.6. The highest BCUT2D eigenvalue weighted by Gasteiger charge is 2.17. The molecule has 0 saturated heterocycles. The van der Waals surface area contributed by atoms with Crippen LogP contribution in [0, 0.1) is 12.3 Å². The lowest BCUT2D eigenvalue weighted by molar-refractivity contribution is -0.145. The predicted molar refractivity (Wildman–Crippen MR) is 105 cm³/mol. The molecule has 6 heteroatoms. The largest absolute Gasteiger partial charge is 0.455 e. The highest BCUT2D eigenvalue weighted by atomic mass is 35.5. The molecule has 0 radical (unpaired) electrons. The fraction of sp³-hybridized carbons (Fsp3) is 0.200. The number of amides is 1. The Labute approximate surface area is 162 Å². The van der Waals surface area contributed by atoms with Crippen molar-refractivity contribution in [2.24, 2.45) is 0 Å². The fourth-order valence-corrected chi connectivity index (χ4v) is 3.40. The van der Waals surface area contributed by atoms with Crippen LogP contribution in [0.25, 0.3) is 0 Å². The number of halogens is 1. The van der Waals surface area contributed by atoms with Crippen LogP contribution in [-0.4, -0.2) is 30.8 Å². The number of carbonyl (C=O) groups is 2. The molecule has 0 spiro atoms. The molecule has 1 atom stereocenters. The average molecular weight is 388 g/mol. The molecular weight excluding hydrogens is 370 g/mol. The van der Waals surface area contributed by atoms with E-state index in [9.17, 15) is 9.59 Å². The zero-order chi connectivity index (χ0) is 18.8. The zero-order valence-corrected chi connectivity index (χ0v) is 15.6. The molecule has 0 aliphatic carbocycles. The van der Waals surface area contributed by atoms with E-state index in [0.717, 1.165) is 11.1 Å². The Hall–Kier alpha value is -2.42. The molecule has 2 aromatic carbocycles. The van der Waals surface area contributed by atoms with Gasteiger partial charge in [-0.25, -0.2) is 0 Å². The molecule has 1 amide bonds. The van der Waals surface area contributed by atoms with Crippen molar-refractivity contribution in [2.75, 3.05) is 18.9 Å². The van der Waals surface area contributed by atoms with Gasteiger partial charge in [0.2, 0.25) is 0 Å². The van der Waals surface area contributed by atoms with Crippen molar-refractivity contribution in [1.29, 1.82) is 0 Å². The number of esters is 1. The van der Waals surface area contributed by atoms with Crippen molar-refractivity contribution in [3.8, 4) is 12.3 Å². The Bertz CT molecular complexity index is 772. The number of benzene rings is 2. The summed E-state index contributed by atoms with van der Waals surface area (Å²) >= 11 is 7.40. The highest BCUT2D eigenvalue weighted by molar-refractivity contribution is 8.00. The second-order valence-corrected chi connectivity index (χ2v) is 6.82. The minimum Gasteiger partial charge on any atom is -0.455 e. The lowest BCUT2D eigenvalue weighted by Gasteiger charge is -2.17. The molecule has 0 heterocycles. The maximum atomic E-state index is 12.0. The monoisotopic (exact) mass is 387 g/mol. The molecule has 2 rings (SSSR count). The summed E-state index contributed by atoms with van der Waals surface area (Å²) in [6.45, 7) is -0.226. The molecule has 134 valence electrons. The Morgan fingerprint density at radius 3 is 2.42 bits per heavy atom.